The number of methoxy groups -OCH3 is 1. The maximum absolute atomic E-state index is 13.0. The van der Waals surface area contributed by atoms with Gasteiger partial charge in [-0.2, -0.15) is 0 Å². The Balaban J connectivity index is 2.25. The number of ether oxygens (including phenoxy) is 1. The molecule has 0 aliphatic carbocycles. The summed E-state index contributed by atoms with van der Waals surface area (Å²) < 4.78 is 30.8. The van der Waals surface area contributed by atoms with Crippen molar-refractivity contribution in [3.8, 4) is 5.88 Å². The molecule has 1 heterocycles. The summed E-state index contributed by atoms with van der Waals surface area (Å²) in [6.45, 7) is 0. The van der Waals surface area contributed by atoms with Crippen LogP contribution in [0.15, 0.2) is 40.3 Å². The molecule has 94 valence electrons. The Morgan fingerprint density at radius 1 is 1.17 bits per heavy atom. The molecule has 3 nitrogen and oxygen atoms in total. The average molecular weight is 268 g/mol. The fraction of sp³-hybridized carbons (Fsp3) is 0.0833. The number of pyridine rings is 1. The molecule has 0 spiro atoms. The van der Waals surface area contributed by atoms with Crippen LogP contribution in [-0.4, -0.2) is 12.1 Å². The van der Waals surface area contributed by atoms with Gasteiger partial charge >= 0.3 is 0 Å². The molecule has 1 aromatic heterocycles. The Morgan fingerprint density at radius 2 is 1.94 bits per heavy atom. The van der Waals surface area contributed by atoms with Crippen molar-refractivity contribution in [2.24, 2.45) is 0 Å². The van der Waals surface area contributed by atoms with Crippen molar-refractivity contribution >= 4 is 17.4 Å². The molecule has 0 unspecified atom stereocenters. The molecule has 2 aromatic rings. The van der Waals surface area contributed by atoms with Crippen molar-refractivity contribution in [1.29, 1.82) is 0 Å². The number of benzene rings is 1. The third-order valence-corrected chi connectivity index (χ3v) is 3.10. The number of hydrogen-bond donors (Lipinski definition) is 1. The molecule has 0 bridgehead atoms. The second kappa shape index (κ2) is 5.22. The van der Waals surface area contributed by atoms with Gasteiger partial charge in [0.2, 0.25) is 5.88 Å². The first-order chi connectivity index (χ1) is 8.60. The van der Waals surface area contributed by atoms with E-state index in [1.54, 1.807) is 12.1 Å². The van der Waals surface area contributed by atoms with Crippen molar-refractivity contribution in [3.05, 3.63) is 42.0 Å². The molecule has 0 amide bonds. The molecule has 18 heavy (non-hydrogen) atoms. The van der Waals surface area contributed by atoms with E-state index in [0.29, 0.717) is 21.5 Å². The van der Waals surface area contributed by atoms with Crippen molar-refractivity contribution < 1.29 is 13.5 Å². The fourth-order valence-electron chi connectivity index (χ4n) is 1.32. The van der Waals surface area contributed by atoms with Crippen molar-refractivity contribution in [2.45, 2.75) is 9.92 Å². The monoisotopic (exact) mass is 268 g/mol. The van der Waals surface area contributed by atoms with E-state index in [4.69, 9.17) is 10.5 Å². The van der Waals surface area contributed by atoms with E-state index in [2.05, 4.69) is 4.98 Å². The Labute approximate surface area is 107 Å². The zero-order valence-electron chi connectivity index (χ0n) is 9.48. The molecule has 0 fully saturated rings. The average Bonchev–Trinajstić information content (AvgIpc) is 2.36. The quantitative estimate of drug-likeness (QED) is 0.929. The van der Waals surface area contributed by atoms with E-state index in [1.165, 1.54) is 24.9 Å². The summed E-state index contributed by atoms with van der Waals surface area (Å²) in [5.74, 6) is -1.45. The highest BCUT2D eigenvalue weighted by Crippen LogP contribution is 2.30. The Bertz CT molecular complexity index is 578. The van der Waals surface area contributed by atoms with E-state index in [9.17, 15) is 8.78 Å². The second-order valence-electron chi connectivity index (χ2n) is 3.43. The summed E-state index contributed by atoms with van der Waals surface area (Å²) in [4.78, 5) is 4.69. The summed E-state index contributed by atoms with van der Waals surface area (Å²) >= 11 is 1.20. The van der Waals surface area contributed by atoms with Crippen LogP contribution in [0.5, 0.6) is 5.88 Å². The van der Waals surface area contributed by atoms with Crippen LogP contribution in [0.1, 0.15) is 0 Å². The highest BCUT2D eigenvalue weighted by atomic mass is 32.2. The van der Waals surface area contributed by atoms with E-state index in [-0.39, 0.29) is 0 Å². The molecule has 6 heteroatoms. The van der Waals surface area contributed by atoms with Gasteiger partial charge in [0, 0.05) is 4.90 Å². The van der Waals surface area contributed by atoms with Crippen LogP contribution >= 0.6 is 11.8 Å². The number of aromatic nitrogens is 1. The van der Waals surface area contributed by atoms with Gasteiger partial charge < -0.3 is 10.5 Å². The third kappa shape index (κ3) is 2.70. The Morgan fingerprint density at radius 3 is 2.61 bits per heavy atom. The van der Waals surface area contributed by atoms with Gasteiger partial charge in [-0.25, -0.2) is 13.8 Å². The number of anilines is 1. The largest absolute Gasteiger partial charge is 0.480 e. The maximum Gasteiger partial charge on any atom is 0.237 e. The van der Waals surface area contributed by atoms with Gasteiger partial charge in [-0.15, -0.1) is 0 Å². The molecule has 0 saturated heterocycles. The summed E-state index contributed by atoms with van der Waals surface area (Å²) in [6.07, 6.45) is 0. The smallest absolute Gasteiger partial charge is 0.237 e. The second-order valence-corrected chi connectivity index (χ2v) is 4.52. The highest BCUT2D eigenvalue weighted by molar-refractivity contribution is 7.99. The molecule has 2 N–H and O–H groups in total. The Kier molecular flexibility index (Phi) is 3.66. The zero-order chi connectivity index (χ0) is 13.1. The van der Waals surface area contributed by atoms with Crippen molar-refractivity contribution in [1.82, 2.24) is 4.98 Å². The van der Waals surface area contributed by atoms with E-state index < -0.39 is 11.6 Å². The first-order valence-corrected chi connectivity index (χ1v) is 5.85. The molecular formula is C12H10F2N2OS. The minimum absolute atomic E-state index is 0.308. The van der Waals surface area contributed by atoms with E-state index >= 15 is 0 Å². The highest BCUT2D eigenvalue weighted by Gasteiger charge is 2.07. The molecule has 0 atom stereocenters. The predicted molar refractivity (Wildman–Crippen MR) is 65.7 cm³/mol. The number of nitrogen functional groups attached to an aromatic ring is 1. The summed E-state index contributed by atoms with van der Waals surface area (Å²) in [7, 11) is 1.46. The van der Waals surface area contributed by atoms with E-state index in [1.807, 2.05) is 0 Å². The Hall–Kier alpha value is -1.82. The summed E-state index contributed by atoms with van der Waals surface area (Å²) in [5.41, 5.74) is 6.05. The van der Waals surface area contributed by atoms with Crippen LogP contribution in [0.4, 0.5) is 14.5 Å². The van der Waals surface area contributed by atoms with Gasteiger partial charge in [-0.05, 0) is 30.3 Å². The number of halogens is 2. The lowest BCUT2D eigenvalue weighted by atomic mass is 10.3. The summed E-state index contributed by atoms with van der Waals surface area (Å²) in [5, 5.41) is 0.590. The van der Waals surface area contributed by atoms with Gasteiger partial charge in [-0.3, -0.25) is 0 Å². The van der Waals surface area contributed by atoms with Crippen LogP contribution in [-0.2, 0) is 0 Å². The van der Waals surface area contributed by atoms with Gasteiger partial charge in [-0.1, -0.05) is 11.8 Å². The normalized spacial score (nSPS) is 10.4. The SMILES string of the molecule is COc1nc(Sc2ccc(F)c(F)c2)ccc1N. The zero-order valence-corrected chi connectivity index (χ0v) is 10.3. The lowest BCUT2D eigenvalue weighted by Gasteiger charge is -2.06. The van der Waals surface area contributed by atoms with Crippen LogP contribution in [0.25, 0.3) is 0 Å². The molecule has 0 radical (unpaired) electrons. The first-order valence-electron chi connectivity index (χ1n) is 5.03. The molecule has 0 saturated carbocycles. The van der Waals surface area contributed by atoms with Gasteiger partial charge in [0.1, 0.15) is 5.03 Å². The maximum atomic E-state index is 13.0. The summed E-state index contributed by atoms with van der Waals surface area (Å²) in [6, 6.07) is 7.00. The lowest BCUT2D eigenvalue weighted by molar-refractivity contribution is 0.397. The predicted octanol–water partition coefficient (Wildman–Crippen LogP) is 3.10. The van der Waals surface area contributed by atoms with Gasteiger partial charge in [0.05, 0.1) is 12.8 Å². The standard InChI is InChI=1S/C12H10F2N2OS/c1-17-12-10(15)4-5-11(16-12)18-7-2-3-8(13)9(14)6-7/h2-6H,15H2,1H3. The first kappa shape index (κ1) is 12.6. The number of hydrogen-bond acceptors (Lipinski definition) is 4. The minimum Gasteiger partial charge on any atom is -0.480 e. The number of nitrogens with zero attached hydrogens (tertiary/aromatic N) is 1. The van der Waals surface area contributed by atoms with Crippen molar-refractivity contribution in [2.75, 3.05) is 12.8 Å². The van der Waals surface area contributed by atoms with E-state index in [0.717, 1.165) is 12.1 Å². The molecule has 1 aromatic carbocycles. The van der Waals surface area contributed by atoms with Crippen LogP contribution in [0.3, 0.4) is 0 Å². The molecule has 2 rings (SSSR count). The number of nitrogens with two attached hydrogens (primary N) is 1. The van der Waals surface area contributed by atoms with Crippen LogP contribution in [0, 0.1) is 11.6 Å². The molecular weight excluding hydrogens is 258 g/mol. The topological polar surface area (TPSA) is 48.1 Å². The van der Waals surface area contributed by atoms with Crippen LogP contribution in [0.2, 0.25) is 0 Å². The number of rotatable bonds is 3. The fourth-order valence-corrected chi connectivity index (χ4v) is 2.12. The van der Waals surface area contributed by atoms with Gasteiger partial charge in [0.15, 0.2) is 11.6 Å². The molecule has 0 aliphatic rings. The lowest BCUT2D eigenvalue weighted by Crippen LogP contribution is -1.95. The van der Waals surface area contributed by atoms with Crippen molar-refractivity contribution in [3.63, 3.8) is 0 Å². The van der Waals surface area contributed by atoms with Crippen LogP contribution < -0.4 is 10.5 Å². The third-order valence-electron chi connectivity index (χ3n) is 2.17. The van der Waals surface area contributed by atoms with Gasteiger partial charge in [0.25, 0.3) is 0 Å². The molecule has 0 aliphatic heterocycles. The minimum atomic E-state index is -0.887.